The lowest BCUT2D eigenvalue weighted by molar-refractivity contribution is -0.118. The Hall–Kier alpha value is -1.35. The molecule has 1 unspecified atom stereocenters. The second-order valence-electron chi connectivity index (χ2n) is 5.56. The molecule has 20 heavy (non-hydrogen) atoms. The van der Waals surface area contributed by atoms with E-state index in [-0.39, 0.29) is 11.7 Å². The molecule has 1 aliphatic rings. The van der Waals surface area contributed by atoms with Crippen LogP contribution in [0.4, 0.5) is 0 Å². The van der Waals surface area contributed by atoms with Gasteiger partial charge in [-0.1, -0.05) is 26.0 Å². The number of allylic oxidation sites excluding steroid dienone is 5. The lowest BCUT2D eigenvalue weighted by atomic mass is 9.95. The molecule has 0 aromatic rings. The first-order valence-corrected chi connectivity index (χ1v) is 7.57. The molecule has 0 amide bonds. The number of hydrogen-bond donors (Lipinski definition) is 1. The Morgan fingerprint density at radius 1 is 1.30 bits per heavy atom. The molecule has 0 aliphatic heterocycles. The zero-order chi connectivity index (χ0) is 15.0. The summed E-state index contributed by atoms with van der Waals surface area (Å²) in [6.07, 6.45) is 11.0. The fourth-order valence-corrected chi connectivity index (χ4v) is 2.17. The molecule has 1 N–H and O–H groups in total. The summed E-state index contributed by atoms with van der Waals surface area (Å²) < 4.78 is 0. The van der Waals surface area contributed by atoms with Crippen LogP contribution in [0.2, 0.25) is 0 Å². The van der Waals surface area contributed by atoms with Gasteiger partial charge in [0.05, 0.1) is 0 Å². The van der Waals surface area contributed by atoms with E-state index in [1.165, 1.54) is 0 Å². The van der Waals surface area contributed by atoms with E-state index in [0.717, 1.165) is 43.6 Å². The lowest BCUT2D eigenvalue weighted by Crippen LogP contribution is -2.22. The predicted molar refractivity (Wildman–Crippen MR) is 85.6 cm³/mol. The largest absolute Gasteiger partial charge is 0.378 e. The Labute approximate surface area is 123 Å². The molecular weight excluding hydrogens is 248 g/mol. The highest BCUT2D eigenvalue weighted by Crippen LogP contribution is 2.17. The van der Waals surface area contributed by atoms with Crippen molar-refractivity contribution in [1.82, 2.24) is 10.2 Å². The standard InChI is InChI=1S/C17H28N2O/c1-5-12-18-13-11-14(2)17(20)15-7-6-8-16(10-9-15)19(3)4/h7-10,14,18H,5-6,11-13H2,1-4H3. The Balaban J connectivity index is 2.51. The summed E-state index contributed by atoms with van der Waals surface area (Å²) in [5, 5.41) is 3.35. The third-order valence-electron chi connectivity index (χ3n) is 3.53. The number of ketones is 1. The van der Waals surface area contributed by atoms with Gasteiger partial charge in [0.25, 0.3) is 0 Å². The van der Waals surface area contributed by atoms with Gasteiger partial charge in [-0.15, -0.1) is 0 Å². The molecule has 0 heterocycles. The van der Waals surface area contributed by atoms with Crippen LogP contribution in [0.25, 0.3) is 0 Å². The topological polar surface area (TPSA) is 32.3 Å². The maximum Gasteiger partial charge on any atom is 0.165 e. The Bertz CT molecular complexity index is 405. The highest BCUT2D eigenvalue weighted by Gasteiger charge is 2.16. The summed E-state index contributed by atoms with van der Waals surface area (Å²) in [6.45, 7) is 6.12. The molecule has 0 saturated heterocycles. The lowest BCUT2D eigenvalue weighted by Gasteiger charge is -2.13. The molecule has 3 heteroatoms. The zero-order valence-electron chi connectivity index (χ0n) is 13.3. The number of Topliss-reactive ketones (excluding diaryl/α,β-unsaturated/α-hetero) is 1. The average molecular weight is 276 g/mol. The summed E-state index contributed by atoms with van der Waals surface area (Å²) in [5.74, 6) is 0.337. The first-order chi connectivity index (χ1) is 9.56. The van der Waals surface area contributed by atoms with Crippen molar-refractivity contribution in [2.24, 2.45) is 5.92 Å². The van der Waals surface area contributed by atoms with Crippen molar-refractivity contribution in [3.05, 3.63) is 35.6 Å². The summed E-state index contributed by atoms with van der Waals surface area (Å²) in [6, 6.07) is 0. The molecule has 0 aromatic carbocycles. The number of rotatable bonds is 8. The van der Waals surface area contributed by atoms with E-state index in [4.69, 9.17) is 0 Å². The highest BCUT2D eigenvalue weighted by atomic mass is 16.1. The Morgan fingerprint density at radius 3 is 2.70 bits per heavy atom. The Kier molecular flexibility index (Phi) is 7.31. The molecule has 1 atom stereocenters. The number of likely N-dealkylation sites (N-methyl/N-ethyl adjacent to an activating group) is 1. The van der Waals surface area contributed by atoms with Gasteiger partial charge in [-0.3, -0.25) is 4.79 Å². The van der Waals surface area contributed by atoms with Crippen LogP contribution in [0.5, 0.6) is 0 Å². The summed E-state index contributed by atoms with van der Waals surface area (Å²) in [4.78, 5) is 14.5. The van der Waals surface area contributed by atoms with Crippen molar-refractivity contribution < 1.29 is 4.79 Å². The van der Waals surface area contributed by atoms with E-state index in [0.29, 0.717) is 0 Å². The molecule has 3 nitrogen and oxygen atoms in total. The molecule has 0 saturated carbocycles. The van der Waals surface area contributed by atoms with E-state index < -0.39 is 0 Å². The first kappa shape index (κ1) is 16.7. The van der Waals surface area contributed by atoms with E-state index in [9.17, 15) is 4.79 Å². The van der Waals surface area contributed by atoms with Crippen molar-refractivity contribution in [1.29, 1.82) is 0 Å². The number of carbonyl (C=O) groups is 1. The predicted octanol–water partition coefficient (Wildman–Crippen LogP) is 2.91. The van der Waals surface area contributed by atoms with Crippen LogP contribution in [-0.4, -0.2) is 37.9 Å². The SMILES string of the molecule is CCCNCCC(C)C(=O)C1=CCC=C(N(C)C)C=C1. The normalized spacial score (nSPS) is 16.2. The van der Waals surface area contributed by atoms with Crippen LogP contribution in [0, 0.1) is 5.92 Å². The van der Waals surface area contributed by atoms with Gasteiger partial charge in [0.2, 0.25) is 0 Å². The number of carbonyl (C=O) groups excluding carboxylic acids is 1. The number of nitrogens with one attached hydrogen (secondary N) is 1. The maximum absolute atomic E-state index is 12.4. The smallest absolute Gasteiger partial charge is 0.165 e. The van der Waals surface area contributed by atoms with Crippen molar-refractivity contribution in [3.8, 4) is 0 Å². The van der Waals surface area contributed by atoms with Gasteiger partial charge in [-0.05, 0) is 44.5 Å². The zero-order valence-corrected chi connectivity index (χ0v) is 13.3. The Morgan fingerprint density at radius 2 is 2.05 bits per heavy atom. The summed E-state index contributed by atoms with van der Waals surface area (Å²) in [5.41, 5.74) is 2.00. The second kappa shape index (κ2) is 8.75. The van der Waals surface area contributed by atoms with Gasteiger partial charge < -0.3 is 10.2 Å². The number of nitrogens with zero attached hydrogens (tertiary/aromatic N) is 1. The maximum atomic E-state index is 12.4. The van der Waals surface area contributed by atoms with Crippen molar-refractivity contribution >= 4 is 5.78 Å². The van der Waals surface area contributed by atoms with Gasteiger partial charge >= 0.3 is 0 Å². The molecule has 1 rings (SSSR count). The third kappa shape index (κ3) is 5.33. The van der Waals surface area contributed by atoms with Gasteiger partial charge in [-0.2, -0.15) is 0 Å². The molecule has 0 fully saturated rings. The summed E-state index contributed by atoms with van der Waals surface area (Å²) >= 11 is 0. The van der Waals surface area contributed by atoms with Gasteiger partial charge in [0, 0.05) is 31.3 Å². The quantitative estimate of drug-likeness (QED) is 0.692. The van der Waals surface area contributed by atoms with Crippen LogP contribution in [0.15, 0.2) is 35.6 Å². The van der Waals surface area contributed by atoms with Crippen LogP contribution in [-0.2, 0) is 4.79 Å². The second-order valence-corrected chi connectivity index (χ2v) is 5.56. The molecule has 1 aliphatic carbocycles. The third-order valence-corrected chi connectivity index (χ3v) is 3.53. The van der Waals surface area contributed by atoms with E-state index in [1.54, 1.807) is 0 Å². The van der Waals surface area contributed by atoms with Gasteiger partial charge in [0.1, 0.15) is 0 Å². The fraction of sp³-hybridized carbons (Fsp3) is 0.588. The molecule has 0 aromatic heterocycles. The molecule has 112 valence electrons. The number of hydrogen-bond acceptors (Lipinski definition) is 3. The molecular formula is C17H28N2O. The van der Waals surface area contributed by atoms with Crippen LogP contribution in [0.1, 0.15) is 33.1 Å². The van der Waals surface area contributed by atoms with Crippen LogP contribution in [0.3, 0.4) is 0 Å². The first-order valence-electron chi connectivity index (χ1n) is 7.57. The highest BCUT2D eigenvalue weighted by molar-refractivity contribution is 5.99. The minimum absolute atomic E-state index is 0.0798. The van der Waals surface area contributed by atoms with Crippen molar-refractivity contribution in [2.45, 2.75) is 33.1 Å². The van der Waals surface area contributed by atoms with E-state index in [2.05, 4.69) is 23.2 Å². The van der Waals surface area contributed by atoms with E-state index in [1.807, 2.05) is 39.2 Å². The molecule has 0 radical (unpaired) electrons. The average Bonchev–Trinajstić information content (AvgIpc) is 2.68. The van der Waals surface area contributed by atoms with Crippen molar-refractivity contribution in [3.63, 3.8) is 0 Å². The minimum atomic E-state index is 0.0798. The van der Waals surface area contributed by atoms with Crippen LogP contribution < -0.4 is 5.32 Å². The molecule has 0 spiro atoms. The van der Waals surface area contributed by atoms with Gasteiger partial charge in [-0.25, -0.2) is 0 Å². The molecule has 0 bridgehead atoms. The van der Waals surface area contributed by atoms with Crippen molar-refractivity contribution in [2.75, 3.05) is 27.2 Å². The van der Waals surface area contributed by atoms with E-state index >= 15 is 0 Å². The van der Waals surface area contributed by atoms with Crippen LogP contribution >= 0.6 is 0 Å². The monoisotopic (exact) mass is 276 g/mol. The fourth-order valence-electron chi connectivity index (χ4n) is 2.17. The van der Waals surface area contributed by atoms with Gasteiger partial charge in [0.15, 0.2) is 5.78 Å². The minimum Gasteiger partial charge on any atom is -0.378 e. The summed E-state index contributed by atoms with van der Waals surface area (Å²) in [7, 11) is 4.04.